The predicted molar refractivity (Wildman–Crippen MR) is 123 cm³/mol. The predicted octanol–water partition coefficient (Wildman–Crippen LogP) is 2.58. The molecule has 0 bridgehead atoms. The van der Waals surface area contributed by atoms with Gasteiger partial charge in [0.2, 0.25) is 5.91 Å². The Hall–Kier alpha value is -3.44. The number of aliphatic carboxylic acids is 1. The van der Waals surface area contributed by atoms with E-state index in [0.29, 0.717) is 16.5 Å². The number of thioether (sulfide) groups is 1. The van der Waals surface area contributed by atoms with E-state index < -0.39 is 27.1 Å². The number of para-hydroxylation sites is 1. The van der Waals surface area contributed by atoms with Crippen molar-refractivity contribution in [1.82, 2.24) is 9.29 Å². The lowest BCUT2D eigenvalue weighted by atomic mass is 10.2. The van der Waals surface area contributed by atoms with Gasteiger partial charge in [-0.2, -0.15) is 5.10 Å². The maximum atomic E-state index is 13.2. The number of aryl methyl sites for hydroxylation is 1. The van der Waals surface area contributed by atoms with Crippen LogP contribution in [-0.4, -0.2) is 46.0 Å². The largest absolute Gasteiger partial charge is 0.481 e. The van der Waals surface area contributed by atoms with Gasteiger partial charge >= 0.3 is 5.97 Å². The normalized spacial score (nSPS) is 18.0. The van der Waals surface area contributed by atoms with Gasteiger partial charge in [0.15, 0.2) is 5.17 Å². The lowest BCUT2D eigenvalue weighted by Gasteiger charge is -2.07. The second-order valence-corrected chi connectivity index (χ2v) is 10.1. The van der Waals surface area contributed by atoms with E-state index >= 15 is 0 Å². The maximum absolute atomic E-state index is 13.2. The molecular formula is C21H18N4O5S2. The molecule has 0 aliphatic carbocycles. The highest BCUT2D eigenvalue weighted by Crippen LogP contribution is 2.26. The lowest BCUT2D eigenvalue weighted by molar-refractivity contribution is -0.138. The fourth-order valence-corrected chi connectivity index (χ4v) is 5.48. The summed E-state index contributed by atoms with van der Waals surface area (Å²) in [6, 6.07) is 13.6. The third-order valence-corrected chi connectivity index (χ3v) is 7.53. The van der Waals surface area contributed by atoms with Crippen molar-refractivity contribution < 1.29 is 23.1 Å². The number of nitrogens with one attached hydrogen (secondary N) is 1. The highest BCUT2D eigenvalue weighted by Gasteiger charge is 2.32. The van der Waals surface area contributed by atoms with E-state index in [9.17, 15) is 18.0 Å². The van der Waals surface area contributed by atoms with Crippen molar-refractivity contribution in [3.05, 3.63) is 65.9 Å². The molecule has 1 aromatic heterocycles. The third kappa shape index (κ3) is 4.30. The van der Waals surface area contributed by atoms with Crippen LogP contribution in [0.1, 0.15) is 17.5 Å². The van der Waals surface area contributed by atoms with Crippen molar-refractivity contribution in [3.63, 3.8) is 0 Å². The first-order valence-corrected chi connectivity index (χ1v) is 11.8. The Labute approximate surface area is 187 Å². The zero-order valence-corrected chi connectivity index (χ0v) is 18.4. The minimum Gasteiger partial charge on any atom is -0.481 e. The first kappa shape index (κ1) is 21.8. The number of rotatable bonds is 6. The lowest BCUT2D eigenvalue weighted by Crippen LogP contribution is -2.26. The Morgan fingerprint density at radius 3 is 2.66 bits per heavy atom. The summed E-state index contributed by atoms with van der Waals surface area (Å²) < 4.78 is 27.6. The van der Waals surface area contributed by atoms with Gasteiger partial charge in [0.05, 0.1) is 23.0 Å². The molecule has 2 heterocycles. The molecule has 9 nitrogen and oxygen atoms in total. The van der Waals surface area contributed by atoms with Crippen LogP contribution < -0.4 is 5.32 Å². The minimum absolute atomic E-state index is 0.169. The van der Waals surface area contributed by atoms with Crippen molar-refractivity contribution in [2.24, 2.45) is 10.2 Å². The maximum Gasteiger partial charge on any atom is 0.305 e. The second kappa shape index (κ2) is 8.60. The van der Waals surface area contributed by atoms with E-state index in [1.54, 1.807) is 48.5 Å². The molecule has 164 valence electrons. The van der Waals surface area contributed by atoms with Crippen molar-refractivity contribution in [1.29, 1.82) is 0 Å². The summed E-state index contributed by atoms with van der Waals surface area (Å²) in [5, 5.41) is 19.3. The van der Waals surface area contributed by atoms with Gasteiger partial charge in [0.25, 0.3) is 10.0 Å². The number of hydrogen-bond donors (Lipinski definition) is 2. The quantitative estimate of drug-likeness (QED) is 0.421. The molecule has 0 radical (unpaired) electrons. The molecule has 1 aliphatic rings. The number of carbonyl (C=O) groups is 2. The van der Waals surface area contributed by atoms with Crippen molar-refractivity contribution in [2.45, 2.75) is 23.5 Å². The summed E-state index contributed by atoms with van der Waals surface area (Å²) in [6.45, 7) is 1.88. The Morgan fingerprint density at radius 1 is 1.22 bits per heavy atom. The van der Waals surface area contributed by atoms with Gasteiger partial charge in [-0.15, -0.1) is 5.10 Å². The number of carboxylic acid groups (broad SMARTS) is 1. The van der Waals surface area contributed by atoms with Crippen LogP contribution >= 0.6 is 11.8 Å². The van der Waals surface area contributed by atoms with Crippen LogP contribution in [0.4, 0.5) is 0 Å². The molecule has 4 rings (SSSR count). The molecule has 0 unspecified atom stereocenters. The van der Waals surface area contributed by atoms with Crippen LogP contribution in [0.2, 0.25) is 0 Å². The molecule has 1 saturated heterocycles. The number of carbonyl (C=O) groups excluding carboxylic acids is 1. The average molecular weight is 471 g/mol. The molecular weight excluding hydrogens is 452 g/mol. The standard InChI is InChI=1S/C21H18N4O5S2/c1-13-6-8-15(9-7-13)32(29,30)25-12-14(16-4-2-3-5-17(16)25)11-22-24-21-23-20(28)18(31-21)10-19(26)27/h2-9,11-12,18H,10H2,1H3,(H,26,27)(H,23,24,28)/b22-11-/t18-/m1/s1. The zero-order chi connectivity index (χ0) is 22.9. The Bertz CT molecular complexity index is 1370. The van der Waals surface area contributed by atoms with Gasteiger partial charge in [-0.05, 0) is 25.1 Å². The first-order chi connectivity index (χ1) is 15.3. The Kier molecular flexibility index (Phi) is 5.85. The summed E-state index contributed by atoms with van der Waals surface area (Å²) in [7, 11) is -3.83. The average Bonchev–Trinajstić information content (AvgIpc) is 3.29. The van der Waals surface area contributed by atoms with Crippen LogP contribution in [-0.2, 0) is 19.6 Å². The van der Waals surface area contributed by atoms with Gasteiger partial charge < -0.3 is 10.4 Å². The highest BCUT2D eigenvalue weighted by atomic mass is 32.2. The van der Waals surface area contributed by atoms with E-state index in [1.165, 1.54) is 16.4 Å². The van der Waals surface area contributed by atoms with E-state index in [-0.39, 0.29) is 16.5 Å². The minimum atomic E-state index is -3.83. The number of amidine groups is 1. The van der Waals surface area contributed by atoms with Gasteiger partial charge in [-0.3, -0.25) is 9.59 Å². The fraction of sp³-hybridized carbons (Fsp3) is 0.143. The first-order valence-electron chi connectivity index (χ1n) is 9.48. The second-order valence-electron chi connectivity index (χ2n) is 7.06. The van der Waals surface area contributed by atoms with Gasteiger partial charge in [0, 0.05) is 17.1 Å². The number of carboxylic acids is 1. The Balaban J connectivity index is 1.66. The van der Waals surface area contributed by atoms with E-state index in [4.69, 9.17) is 5.11 Å². The molecule has 11 heteroatoms. The molecule has 0 saturated carbocycles. The molecule has 0 spiro atoms. The van der Waals surface area contributed by atoms with Crippen LogP contribution in [0, 0.1) is 6.92 Å². The number of fused-ring (bicyclic) bond motifs is 1. The number of hydrogen-bond acceptors (Lipinski definition) is 7. The molecule has 1 amide bonds. The smallest absolute Gasteiger partial charge is 0.305 e. The number of amides is 1. The molecule has 1 atom stereocenters. The molecule has 2 aromatic carbocycles. The molecule has 3 aromatic rings. The molecule has 1 aliphatic heterocycles. The van der Waals surface area contributed by atoms with E-state index in [2.05, 4.69) is 15.5 Å². The summed E-state index contributed by atoms with van der Waals surface area (Å²) in [5.41, 5.74) is 1.97. The van der Waals surface area contributed by atoms with Crippen molar-refractivity contribution >= 4 is 55.9 Å². The van der Waals surface area contributed by atoms with Crippen molar-refractivity contribution in [3.8, 4) is 0 Å². The van der Waals surface area contributed by atoms with Gasteiger partial charge in [-0.25, -0.2) is 12.4 Å². The fourth-order valence-electron chi connectivity index (χ4n) is 3.19. The zero-order valence-electron chi connectivity index (χ0n) is 16.8. The molecule has 32 heavy (non-hydrogen) atoms. The van der Waals surface area contributed by atoms with Gasteiger partial charge in [-0.1, -0.05) is 47.7 Å². The van der Waals surface area contributed by atoms with E-state index in [0.717, 1.165) is 17.3 Å². The summed E-state index contributed by atoms with van der Waals surface area (Å²) in [6.07, 6.45) is 2.55. The summed E-state index contributed by atoms with van der Waals surface area (Å²) >= 11 is 0.987. The molecule has 2 N–H and O–H groups in total. The Morgan fingerprint density at radius 2 is 1.94 bits per heavy atom. The van der Waals surface area contributed by atoms with Crippen molar-refractivity contribution in [2.75, 3.05) is 0 Å². The third-order valence-electron chi connectivity index (χ3n) is 4.77. The van der Waals surface area contributed by atoms with Crippen LogP contribution in [0.15, 0.2) is 69.8 Å². The topological polar surface area (TPSA) is 130 Å². The van der Waals surface area contributed by atoms with Crippen LogP contribution in [0.3, 0.4) is 0 Å². The summed E-state index contributed by atoms with van der Waals surface area (Å²) in [4.78, 5) is 22.8. The van der Waals surface area contributed by atoms with Crippen LogP contribution in [0.5, 0.6) is 0 Å². The molecule has 1 fully saturated rings. The highest BCUT2D eigenvalue weighted by molar-refractivity contribution is 8.15. The van der Waals surface area contributed by atoms with Gasteiger partial charge in [0.1, 0.15) is 5.25 Å². The number of nitrogens with zero attached hydrogens (tertiary/aromatic N) is 3. The summed E-state index contributed by atoms with van der Waals surface area (Å²) in [5.74, 6) is -1.52. The SMILES string of the molecule is Cc1ccc(S(=O)(=O)n2cc(/C=N\N=C3\NC(=O)[C@@H](CC(=O)O)S3)c3ccccc32)cc1. The van der Waals surface area contributed by atoms with Crippen LogP contribution in [0.25, 0.3) is 10.9 Å². The monoisotopic (exact) mass is 470 g/mol. The number of benzene rings is 2. The number of aromatic nitrogens is 1. The van der Waals surface area contributed by atoms with E-state index in [1.807, 2.05) is 6.92 Å².